The molecule has 3 aromatic rings. The summed E-state index contributed by atoms with van der Waals surface area (Å²) in [4.78, 5) is 27.8. The van der Waals surface area contributed by atoms with E-state index in [1.165, 1.54) is 6.42 Å². The normalized spacial score (nSPS) is 13.7. The first-order valence-corrected chi connectivity index (χ1v) is 12.5. The van der Waals surface area contributed by atoms with Gasteiger partial charge in [0.2, 0.25) is 0 Å². The Hall–Kier alpha value is -3.87. The Bertz CT molecular complexity index is 1210. The van der Waals surface area contributed by atoms with Crippen LogP contribution in [0.5, 0.6) is 5.75 Å². The van der Waals surface area contributed by atoms with Gasteiger partial charge in [-0.3, -0.25) is 4.79 Å². The van der Waals surface area contributed by atoms with Gasteiger partial charge >= 0.3 is 5.97 Å². The highest BCUT2D eigenvalue weighted by Gasteiger charge is 2.25. The Labute approximate surface area is 212 Å². The minimum atomic E-state index is -0.486. The van der Waals surface area contributed by atoms with Gasteiger partial charge in [-0.25, -0.2) is 9.48 Å². The lowest BCUT2D eigenvalue weighted by Crippen LogP contribution is -2.41. The van der Waals surface area contributed by atoms with Crippen molar-refractivity contribution < 1.29 is 19.1 Å². The smallest absolute Gasteiger partial charge is 0.358 e. The van der Waals surface area contributed by atoms with Gasteiger partial charge in [0.15, 0.2) is 5.69 Å². The van der Waals surface area contributed by atoms with Crippen LogP contribution in [-0.2, 0) is 4.74 Å². The van der Waals surface area contributed by atoms with E-state index in [0.717, 1.165) is 36.9 Å². The molecule has 1 heterocycles. The molecule has 36 heavy (non-hydrogen) atoms. The molecule has 0 bridgehead atoms. The van der Waals surface area contributed by atoms with E-state index in [2.05, 4.69) is 11.7 Å². The molecule has 1 aliphatic rings. The predicted octanol–water partition coefficient (Wildman–Crippen LogP) is 5.69. The summed E-state index contributed by atoms with van der Waals surface area (Å²) in [6.45, 7) is 6.41. The Morgan fingerprint density at radius 1 is 1.11 bits per heavy atom. The van der Waals surface area contributed by atoms with Gasteiger partial charge in [0, 0.05) is 23.7 Å². The number of methoxy groups -OCH3 is 1. The van der Waals surface area contributed by atoms with Crippen molar-refractivity contribution in [3.8, 4) is 22.7 Å². The van der Waals surface area contributed by atoms with Gasteiger partial charge in [-0.2, -0.15) is 5.10 Å². The second-order valence-electron chi connectivity index (χ2n) is 8.86. The van der Waals surface area contributed by atoms with Gasteiger partial charge in [-0.1, -0.05) is 37.5 Å². The highest BCUT2D eigenvalue weighted by molar-refractivity contribution is 5.95. The molecule has 1 amide bonds. The van der Waals surface area contributed by atoms with E-state index in [-0.39, 0.29) is 24.2 Å². The van der Waals surface area contributed by atoms with Crippen LogP contribution in [-0.4, -0.2) is 52.9 Å². The van der Waals surface area contributed by atoms with Crippen molar-refractivity contribution >= 4 is 11.9 Å². The fourth-order valence-electron chi connectivity index (χ4n) is 4.71. The van der Waals surface area contributed by atoms with Crippen LogP contribution >= 0.6 is 0 Å². The monoisotopic (exact) mass is 487 g/mol. The molecule has 0 radical (unpaired) electrons. The molecule has 1 aromatic heterocycles. The Morgan fingerprint density at radius 2 is 1.86 bits per heavy atom. The van der Waals surface area contributed by atoms with Crippen LogP contribution in [0.25, 0.3) is 16.9 Å². The van der Waals surface area contributed by atoms with Crippen molar-refractivity contribution in [3.63, 3.8) is 0 Å². The number of aromatic nitrogens is 2. The maximum Gasteiger partial charge on any atom is 0.358 e. The van der Waals surface area contributed by atoms with E-state index < -0.39 is 5.97 Å². The molecule has 0 N–H and O–H groups in total. The zero-order chi connectivity index (χ0) is 25.5. The van der Waals surface area contributed by atoms with E-state index in [4.69, 9.17) is 9.47 Å². The summed E-state index contributed by atoms with van der Waals surface area (Å²) in [5.74, 6) is 0.220. The largest absolute Gasteiger partial charge is 0.497 e. The van der Waals surface area contributed by atoms with Crippen molar-refractivity contribution in [2.24, 2.45) is 0 Å². The second-order valence-corrected chi connectivity index (χ2v) is 8.86. The lowest BCUT2D eigenvalue weighted by Gasteiger charge is -2.33. The van der Waals surface area contributed by atoms with Crippen molar-refractivity contribution in [1.82, 2.24) is 14.7 Å². The van der Waals surface area contributed by atoms with E-state index in [0.29, 0.717) is 23.6 Å². The van der Waals surface area contributed by atoms with Crippen LogP contribution in [0.1, 0.15) is 59.9 Å². The van der Waals surface area contributed by atoms with E-state index in [9.17, 15) is 9.59 Å². The zero-order valence-corrected chi connectivity index (χ0v) is 21.0. The number of ether oxygens (including phenoxy) is 2. The van der Waals surface area contributed by atoms with Crippen molar-refractivity contribution in [3.05, 3.63) is 78.5 Å². The van der Waals surface area contributed by atoms with Gasteiger partial charge in [-0.05, 0) is 62.2 Å². The number of rotatable bonds is 9. The summed E-state index contributed by atoms with van der Waals surface area (Å²) in [6, 6.07) is 16.9. The molecule has 1 fully saturated rings. The van der Waals surface area contributed by atoms with E-state index in [1.807, 2.05) is 53.4 Å². The average Bonchev–Trinajstić information content (AvgIpc) is 3.38. The number of carbonyl (C=O) groups excluding carboxylic acids is 2. The molecule has 0 atom stereocenters. The highest BCUT2D eigenvalue weighted by Crippen LogP contribution is 2.28. The molecule has 0 aliphatic heterocycles. The maximum atomic E-state index is 13.4. The molecule has 0 spiro atoms. The average molecular weight is 488 g/mol. The molecule has 7 heteroatoms. The third kappa shape index (κ3) is 5.51. The Balaban J connectivity index is 1.67. The first-order chi connectivity index (χ1) is 17.5. The second kappa shape index (κ2) is 11.7. The summed E-state index contributed by atoms with van der Waals surface area (Å²) in [5, 5.41) is 4.54. The molecule has 7 nitrogen and oxygen atoms in total. The third-order valence-corrected chi connectivity index (χ3v) is 6.52. The third-order valence-electron chi connectivity index (χ3n) is 6.52. The minimum absolute atomic E-state index is 0.00838. The fraction of sp³-hybridized carbons (Fsp3) is 0.345. The van der Waals surface area contributed by atoms with Crippen LogP contribution in [0.2, 0.25) is 0 Å². The SMILES string of the molecule is C=CCN(C(=O)c1ccc(-n2nc(C(=O)OCC)cc2-c2cccc(OC)c2)cc1)C1CCCCC1. The molecule has 1 aliphatic carbocycles. The summed E-state index contributed by atoms with van der Waals surface area (Å²) in [6.07, 6.45) is 7.40. The van der Waals surface area contributed by atoms with Crippen LogP contribution < -0.4 is 4.74 Å². The lowest BCUT2D eigenvalue weighted by molar-refractivity contribution is 0.0518. The van der Waals surface area contributed by atoms with E-state index in [1.54, 1.807) is 30.9 Å². The summed E-state index contributed by atoms with van der Waals surface area (Å²) >= 11 is 0. The number of hydrogen-bond acceptors (Lipinski definition) is 5. The first-order valence-electron chi connectivity index (χ1n) is 12.5. The lowest BCUT2D eigenvalue weighted by atomic mass is 9.93. The molecule has 188 valence electrons. The zero-order valence-electron chi connectivity index (χ0n) is 21.0. The van der Waals surface area contributed by atoms with Gasteiger partial charge in [0.25, 0.3) is 5.91 Å². The number of esters is 1. The predicted molar refractivity (Wildman–Crippen MR) is 140 cm³/mol. The van der Waals surface area contributed by atoms with Gasteiger partial charge in [-0.15, -0.1) is 6.58 Å². The number of carbonyl (C=O) groups is 2. The molecular formula is C29H33N3O4. The van der Waals surface area contributed by atoms with Crippen LogP contribution in [0.15, 0.2) is 67.3 Å². The number of benzene rings is 2. The fourth-order valence-corrected chi connectivity index (χ4v) is 4.71. The highest BCUT2D eigenvalue weighted by atomic mass is 16.5. The van der Waals surface area contributed by atoms with Crippen molar-refractivity contribution in [2.75, 3.05) is 20.3 Å². The molecule has 0 unspecified atom stereocenters. The Kier molecular flexibility index (Phi) is 8.21. The Morgan fingerprint density at radius 3 is 2.53 bits per heavy atom. The van der Waals surface area contributed by atoms with Crippen LogP contribution in [0.4, 0.5) is 0 Å². The number of hydrogen-bond donors (Lipinski definition) is 0. The molecule has 4 rings (SSSR count). The molecular weight excluding hydrogens is 454 g/mol. The van der Waals surface area contributed by atoms with Crippen molar-refractivity contribution in [2.45, 2.75) is 45.1 Å². The summed E-state index contributed by atoms with van der Waals surface area (Å²) < 4.78 is 12.2. The van der Waals surface area contributed by atoms with Crippen LogP contribution in [0.3, 0.4) is 0 Å². The van der Waals surface area contributed by atoms with Crippen LogP contribution in [0, 0.1) is 0 Å². The summed E-state index contributed by atoms with van der Waals surface area (Å²) in [7, 11) is 1.61. The molecule has 0 saturated heterocycles. The maximum absolute atomic E-state index is 13.4. The van der Waals surface area contributed by atoms with Gasteiger partial charge in [0.05, 0.1) is 25.1 Å². The minimum Gasteiger partial charge on any atom is -0.497 e. The molecule has 2 aromatic carbocycles. The van der Waals surface area contributed by atoms with Crippen molar-refractivity contribution in [1.29, 1.82) is 0 Å². The quantitative estimate of drug-likeness (QED) is 0.287. The van der Waals surface area contributed by atoms with E-state index >= 15 is 0 Å². The van der Waals surface area contributed by atoms with Gasteiger partial charge in [0.1, 0.15) is 5.75 Å². The molecule has 1 saturated carbocycles. The topological polar surface area (TPSA) is 73.7 Å². The summed E-state index contributed by atoms with van der Waals surface area (Å²) in [5.41, 5.74) is 3.11. The number of nitrogens with zero attached hydrogens (tertiary/aromatic N) is 3. The van der Waals surface area contributed by atoms with Gasteiger partial charge < -0.3 is 14.4 Å². The number of amides is 1. The standard InChI is InChI=1S/C29H33N3O4/c1-4-18-31(23-11-7-6-8-12-23)28(33)21-14-16-24(17-15-21)32-27(20-26(30-32)29(34)36-5-2)22-10-9-13-25(19-22)35-3/h4,9-10,13-17,19-20,23H,1,5-8,11-12,18H2,2-3H3. The first kappa shape index (κ1) is 25.2.